The van der Waals surface area contributed by atoms with Crippen molar-refractivity contribution < 1.29 is 18.3 Å². The van der Waals surface area contributed by atoms with E-state index in [4.69, 9.17) is 39.5 Å². The van der Waals surface area contributed by atoms with Crippen LogP contribution in [0, 0.1) is 11.6 Å². The predicted molar refractivity (Wildman–Crippen MR) is 77.7 cm³/mol. The molecule has 21 heavy (non-hydrogen) atoms. The molecule has 0 aromatic heterocycles. The van der Waals surface area contributed by atoms with E-state index in [9.17, 15) is 13.6 Å². The molecule has 2 nitrogen and oxygen atoms in total. The maximum Gasteiger partial charge on any atom is 0.203 e. The lowest BCUT2D eigenvalue weighted by atomic mass is 10.1. The van der Waals surface area contributed by atoms with Crippen LogP contribution in [0.1, 0.15) is 10.4 Å². The second kappa shape index (κ2) is 6.60. The molecule has 0 unspecified atom stereocenters. The summed E-state index contributed by atoms with van der Waals surface area (Å²) >= 11 is 17.5. The average molecular weight is 352 g/mol. The van der Waals surface area contributed by atoms with Gasteiger partial charge in [-0.05, 0) is 24.3 Å². The monoisotopic (exact) mass is 350 g/mol. The van der Waals surface area contributed by atoms with Crippen molar-refractivity contribution in [2.24, 2.45) is 0 Å². The van der Waals surface area contributed by atoms with Gasteiger partial charge in [-0.15, -0.1) is 0 Å². The zero-order valence-electron chi connectivity index (χ0n) is 10.3. The van der Waals surface area contributed by atoms with Gasteiger partial charge in [0.2, 0.25) is 5.78 Å². The van der Waals surface area contributed by atoms with Crippen LogP contribution in [0.3, 0.4) is 0 Å². The summed E-state index contributed by atoms with van der Waals surface area (Å²) in [4.78, 5) is 11.8. The molecular formula is C14H7Cl3F2O2. The highest BCUT2D eigenvalue weighted by Gasteiger charge is 2.16. The topological polar surface area (TPSA) is 26.3 Å². The minimum atomic E-state index is -0.961. The number of benzene rings is 2. The van der Waals surface area contributed by atoms with Gasteiger partial charge in [0.25, 0.3) is 0 Å². The second-order valence-corrected chi connectivity index (χ2v) is 5.29. The SMILES string of the molecule is O=C(COc1c(Cl)cc(Cl)cc1Cl)c1ccc(F)cc1F. The third-order valence-corrected chi connectivity index (χ3v) is 3.32. The lowest BCUT2D eigenvalue weighted by Gasteiger charge is -2.10. The van der Waals surface area contributed by atoms with Crippen molar-refractivity contribution in [3.8, 4) is 5.75 Å². The fourth-order valence-electron chi connectivity index (χ4n) is 1.60. The molecule has 2 aromatic rings. The third-order valence-electron chi connectivity index (χ3n) is 2.54. The zero-order valence-corrected chi connectivity index (χ0v) is 12.6. The van der Waals surface area contributed by atoms with Crippen molar-refractivity contribution in [2.45, 2.75) is 0 Å². The number of carbonyl (C=O) groups is 1. The maximum atomic E-state index is 13.5. The molecule has 0 fully saturated rings. The molecule has 0 heterocycles. The quantitative estimate of drug-likeness (QED) is 0.709. The molecule has 0 aliphatic carbocycles. The van der Waals surface area contributed by atoms with E-state index < -0.39 is 24.0 Å². The minimum absolute atomic E-state index is 0.0682. The molecule has 0 radical (unpaired) electrons. The summed E-state index contributed by atoms with van der Waals surface area (Å²) in [6.45, 7) is -0.496. The Morgan fingerprint density at radius 2 is 1.67 bits per heavy atom. The first-order valence-corrected chi connectivity index (χ1v) is 6.77. The first kappa shape index (κ1) is 16.0. The molecule has 2 aromatic carbocycles. The lowest BCUT2D eigenvalue weighted by Crippen LogP contribution is -2.13. The number of carbonyl (C=O) groups excluding carboxylic acids is 1. The van der Waals surface area contributed by atoms with Crippen LogP contribution in [-0.2, 0) is 0 Å². The standard InChI is InChI=1S/C14H7Cl3F2O2/c15-7-3-10(16)14(11(17)4-7)21-6-13(20)9-2-1-8(18)5-12(9)19/h1-5H,6H2. The van der Waals surface area contributed by atoms with Crippen molar-refractivity contribution in [3.05, 3.63) is 62.6 Å². The Morgan fingerprint density at radius 1 is 1.05 bits per heavy atom. The molecule has 0 spiro atoms. The normalized spacial score (nSPS) is 10.5. The van der Waals surface area contributed by atoms with Gasteiger partial charge in [-0.1, -0.05) is 34.8 Å². The van der Waals surface area contributed by atoms with Crippen LogP contribution in [-0.4, -0.2) is 12.4 Å². The molecule has 0 saturated carbocycles. The average Bonchev–Trinajstić information content (AvgIpc) is 2.36. The van der Waals surface area contributed by atoms with E-state index in [2.05, 4.69) is 0 Å². The zero-order chi connectivity index (χ0) is 15.6. The van der Waals surface area contributed by atoms with E-state index in [0.717, 1.165) is 12.1 Å². The summed E-state index contributed by atoms with van der Waals surface area (Å²) in [5, 5.41) is 0.563. The van der Waals surface area contributed by atoms with Gasteiger partial charge in [-0.3, -0.25) is 4.79 Å². The molecular weight excluding hydrogens is 345 g/mol. The number of halogens is 5. The van der Waals surface area contributed by atoms with Crippen molar-refractivity contribution in [2.75, 3.05) is 6.61 Å². The first-order chi connectivity index (χ1) is 9.88. The van der Waals surface area contributed by atoms with Gasteiger partial charge >= 0.3 is 0 Å². The molecule has 0 aliphatic heterocycles. The van der Waals surface area contributed by atoms with Crippen LogP contribution in [0.5, 0.6) is 5.75 Å². The highest BCUT2D eigenvalue weighted by molar-refractivity contribution is 6.40. The molecule has 0 N–H and O–H groups in total. The van der Waals surface area contributed by atoms with Crippen molar-refractivity contribution in [1.29, 1.82) is 0 Å². The van der Waals surface area contributed by atoms with E-state index >= 15 is 0 Å². The van der Waals surface area contributed by atoms with E-state index in [0.29, 0.717) is 11.1 Å². The molecule has 0 atom stereocenters. The van der Waals surface area contributed by atoms with Crippen LogP contribution in [0.25, 0.3) is 0 Å². The van der Waals surface area contributed by atoms with Gasteiger partial charge < -0.3 is 4.74 Å². The number of ketones is 1. The van der Waals surface area contributed by atoms with Gasteiger partial charge in [0, 0.05) is 11.1 Å². The number of hydrogen-bond donors (Lipinski definition) is 0. The summed E-state index contributed by atoms with van der Waals surface area (Å²) in [6.07, 6.45) is 0. The van der Waals surface area contributed by atoms with Crippen molar-refractivity contribution in [1.82, 2.24) is 0 Å². The fraction of sp³-hybridized carbons (Fsp3) is 0.0714. The molecule has 7 heteroatoms. The summed E-state index contributed by atoms with van der Waals surface area (Å²) in [5.74, 6) is -2.33. The Balaban J connectivity index is 2.15. The molecule has 110 valence electrons. The van der Waals surface area contributed by atoms with Crippen molar-refractivity contribution in [3.63, 3.8) is 0 Å². The summed E-state index contributed by atoms with van der Waals surface area (Å²) in [6, 6.07) is 5.44. The summed E-state index contributed by atoms with van der Waals surface area (Å²) < 4.78 is 31.4. The highest BCUT2D eigenvalue weighted by atomic mass is 35.5. The number of Topliss-reactive ketones (excluding diaryl/α,β-unsaturated/α-hetero) is 1. The second-order valence-electron chi connectivity index (χ2n) is 4.03. The van der Waals surface area contributed by atoms with E-state index in [1.807, 2.05) is 0 Å². The van der Waals surface area contributed by atoms with E-state index in [1.165, 1.54) is 12.1 Å². The van der Waals surface area contributed by atoms with Crippen molar-refractivity contribution >= 4 is 40.6 Å². The van der Waals surface area contributed by atoms with Crippen LogP contribution >= 0.6 is 34.8 Å². The van der Waals surface area contributed by atoms with Crippen LogP contribution in [0.2, 0.25) is 15.1 Å². The molecule has 0 saturated heterocycles. The lowest BCUT2D eigenvalue weighted by molar-refractivity contribution is 0.0917. The number of hydrogen-bond acceptors (Lipinski definition) is 2. The number of rotatable bonds is 4. The largest absolute Gasteiger partial charge is 0.482 e. The van der Waals surface area contributed by atoms with Crippen LogP contribution in [0.4, 0.5) is 8.78 Å². The van der Waals surface area contributed by atoms with E-state index in [1.54, 1.807) is 0 Å². The number of ether oxygens (including phenoxy) is 1. The van der Waals surface area contributed by atoms with Gasteiger partial charge in [0.1, 0.15) is 11.6 Å². The predicted octanol–water partition coefficient (Wildman–Crippen LogP) is 5.19. The Morgan fingerprint density at radius 3 is 2.24 bits per heavy atom. The highest BCUT2D eigenvalue weighted by Crippen LogP contribution is 2.35. The first-order valence-electron chi connectivity index (χ1n) is 5.64. The molecule has 0 amide bonds. The smallest absolute Gasteiger partial charge is 0.203 e. The van der Waals surface area contributed by atoms with Gasteiger partial charge in [-0.25, -0.2) is 8.78 Å². The Labute approximate surface area is 134 Å². The van der Waals surface area contributed by atoms with E-state index in [-0.39, 0.29) is 21.4 Å². The van der Waals surface area contributed by atoms with Crippen LogP contribution < -0.4 is 4.74 Å². The molecule has 0 aliphatic rings. The Bertz CT molecular complexity index is 682. The molecule has 0 bridgehead atoms. The third kappa shape index (κ3) is 3.84. The minimum Gasteiger partial charge on any atom is -0.482 e. The van der Waals surface area contributed by atoms with Gasteiger partial charge in [0.15, 0.2) is 12.4 Å². The molecule has 2 rings (SSSR count). The van der Waals surface area contributed by atoms with Crippen LogP contribution in [0.15, 0.2) is 30.3 Å². The Kier molecular flexibility index (Phi) is 5.04. The van der Waals surface area contributed by atoms with Gasteiger partial charge in [-0.2, -0.15) is 0 Å². The summed E-state index contributed by atoms with van der Waals surface area (Å²) in [7, 11) is 0. The maximum absolute atomic E-state index is 13.5. The Hall–Kier alpha value is -1.36. The van der Waals surface area contributed by atoms with Gasteiger partial charge in [0.05, 0.1) is 15.6 Å². The summed E-state index contributed by atoms with van der Waals surface area (Å²) in [5.41, 5.74) is -0.280. The fourth-order valence-corrected chi connectivity index (χ4v) is 2.52.